The van der Waals surface area contributed by atoms with Gasteiger partial charge in [0, 0.05) is 5.56 Å². The number of aromatic nitrogens is 1. The van der Waals surface area contributed by atoms with Gasteiger partial charge in [-0.3, -0.25) is 10.1 Å². The zero-order valence-electron chi connectivity index (χ0n) is 15.6. The van der Waals surface area contributed by atoms with E-state index in [1.54, 1.807) is 44.6 Å². The first kappa shape index (κ1) is 19.0. The number of unbranched alkanes of at least 4 members (excludes halogenated alkanes) is 1. The SMILES string of the molecule is CCCCOc1ccc(C(=O)Nc2nc3c(OC)ccc(OC)c3s2)cc1. The van der Waals surface area contributed by atoms with E-state index in [1.807, 2.05) is 6.07 Å². The third kappa shape index (κ3) is 4.31. The Morgan fingerprint density at radius 2 is 1.78 bits per heavy atom. The lowest BCUT2D eigenvalue weighted by Gasteiger charge is -2.06. The molecule has 3 rings (SSSR count). The lowest BCUT2D eigenvalue weighted by Crippen LogP contribution is -2.11. The summed E-state index contributed by atoms with van der Waals surface area (Å²) in [6.45, 7) is 2.79. The average Bonchev–Trinajstić information content (AvgIpc) is 3.11. The van der Waals surface area contributed by atoms with Gasteiger partial charge in [0.15, 0.2) is 5.13 Å². The van der Waals surface area contributed by atoms with Crippen molar-refractivity contribution in [1.82, 2.24) is 4.98 Å². The monoisotopic (exact) mass is 386 g/mol. The standard InChI is InChI=1S/C20H22N2O4S/c1-4-5-12-26-14-8-6-13(7-9-14)19(23)22-20-21-17-15(24-2)10-11-16(25-3)18(17)27-20/h6-11H,4-5,12H2,1-3H3,(H,21,22,23). The molecule has 1 amide bonds. The van der Waals surface area contributed by atoms with E-state index >= 15 is 0 Å². The van der Waals surface area contributed by atoms with E-state index in [0.29, 0.717) is 34.3 Å². The van der Waals surface area contributed by atoms with E-state index in [9.17, 15) is 4.79 Å². The molecule has 3 aromatic rings. The molecule has 7 heteroatoms. The summed E-state index contributed by atoms with van der Waals surface area (Å²) in [4.78, 5) is 17.0. The zero-order valence-corrected chi connectivity index (χ0v) is 16.4. The number of benzene rings is 2. The highest BCUT2D eigenvalue weighted by molar-refractivity contribution is 7.22. The van der Waals surface area contributed by atoms with E-state index in [4.69, 9.17) is 14.2 Å². The normalized spacial score (nSPS) is 10.6. The first-order valence-corrected chi connectivity index (χ1v) is 9.53. The molecule has 6 nitrogen and oxygen atoms in total. The number of nitrogens with one attached hydrogen (secondary N) is 1. The maximum Gasteiger partial charge on any atom is 0.257 e. The number of methoxy groups -OCH3 is 2. The predicted molar refractivity (Wildman–Crippen MR) is 108 cm³/mol. The summed E-state index contributed by atoms with van der Waals surface area (Å²) in [5, 5.41) is 3.33. The largest absolute Gasteiger partial charge is 0.495 e. The summed E-state index contributed by atoms with van der Waals surface area (Å²) in [6, 6.07) is 10.7. The van der Waals surface area contributed by atoms with Gasteiger partial charge >= 0.3 is 0 Å². The lowest BCUT2D eigenvalue weighted by molar-refractivity contribution is 0.102. The molecule has 0 bridgehead atoms. The quantitative estimate of drug-likeness (QED) is 0.566. The van der Waals surface area contributed by atoms with Gasteiger partial charge in [-0.1, -0.05) is 24.7 Å². The van der Waals surface area contributed by atoms with Crippen LogP contribution in [0.25, 0.3) is 10.2 Å². The van der Waals surface area contributed by atoms with Gasteiger partial charge in [0.1, 0.15) is 27.5 Å². The average molecular weight is 386 g/mol. The predicted octanol–water partition coefficient (Wildman–Crippen LogP) is 4.74. The topological polar surface area (TPSA) is 69.7 Å². The van der Waals surface area contributed by atoms with Crippen molar-refractivity contribution in [3.8, 4) is 17.2 Å². The van der Waals surface area contributed by atoms with E-state index in [1.165, 1.54) is 11.3 Å². The van der Waals surface area contributed by atoms with Crippen LogP contribution in [0.15, 0.2) is 36.4 Å². The van der Waals surface area contributed by atoms with Gasteiger partial charge in [0.25, 0.3) is 5.91 Å². The maximum atomic E-state index is 12.5. The highest BCUT2D eigenvalue weighted by atomic mass is 32.1. The first-order valence-electron chi connectivity index (χ1n) is 8.72. The van der Waals surface area contributed by atoms with Crippen molar-refractivity contribution >= 4 is 32.6 Å². The van der Waals surface area contributed by atoms with Crippen LogP contribution >= 0.6 is 11.3 Å². The molecule has 0 radical (unpaired) electrons. The van der Waals surface area contributed by atoms with Crippen LogP contribution in [-0.4, -0.2) is 31.7 Å². The summed E-state index contributed by atoms with van der Waals surface area (Å²) in [7, 11) is 3.19. The minimum absolute atomic E-state index is 0.230. The minimum Gasteiger partial charge on any atom is -0.495 e. The number of anilines is 1. The molecular weight excluding hydrogens is 364 g/mol. The van der Waals surface area contributed by atoms with Crippen LogP contribution in [0, 0.1) is 0 Å². The van der Waals surface area contributed by atoms with Gasteiger partial charge < -0.3 is 14.2 Å². The second kappa shape index (κ2) is 8.73. The molecule has 27 heavy (non-hydrogen) atoms. The number of thiazole rings is 1. The van der Waals surface area contributed by atoms with Crippen molar-refractivity contribution in [2.24, 2.45) is 0 Å². The Hall–Kier alpha value is -2.80. The highest BCUT2D eigenvalue weighted by Gasteiger charge is 2.16. The Morgan fingerprint density at radius 1 is 1.07 bits per heavy atom. The van der Waals surface area contributed by atoms with E-state index in [-0.39, 0.29) is 5.91 Å². The van der Waals surface area contributed by atoms with Crippen LogP contribution in [0.4, 0.5) is 5.13 Å². The molecule has 0 saturated carbocycles. The molecular formula is C20H22N2O4S. The molecule has 2 aromatic carbocycles. The molecule has 0 spiro atoms. The molecule has 0 unspecified atom stereocenters. The molecule has 0 atom stereocenters. The van der Waals surface area contributed by atoms with E-state index in [2.05, 4.69) is 17.2 Å². The Bertz CT molecular complexity index is 881. The van der Waals surface area contributed by atoms with Gasteiger partial charge in [0.2, 0.25) is 0 Å². The van der Waals surface area contributed by atoms with E-state index in [0.717, 1.165) is 23.3 Å². The van der Waals surface area contributed by atoms with Crippen LogP contribution < -0.4 is 19.5 Å². The molecule has 0 aliphatic carbocycles. The van der Waals surface area contributed by atoms with Crippen LogP contribution in [0.3, 0.4) is 0 Å². The minimum atomic E-state index is -0.230. The Labute approximate surface area is 162 Å². The summed E-state index contributed by atoms with van der Waals surface area (Å²) in [6.07, 6.45) is 2.09. The number of carbonyl (C=O) groups excluding carboxylic acids is 1. The van der Waals surface area contributed by atoms with Crippen molar-refractivity contribution in [3.05, 3.63) is 42.0 Å². The van der Waals surface area contributed by atoms with Crippen molar-refractivity contribution in [2.75, 3.05) is 26.1 Å². The Balaban J connectivity index is 1.75. The molecule has 1 heterocycles. The fourth-order valence-corrected chi connectivity index (χ4v) is 3.51. The van der Waals surface area contributed by atoms with E-state index < -0.39 is 0 Å². The molecule has 0 aliphatic heterocycles. The number of carbonyl (C=O) groups is 1. The number of amides is 1. The zero-order chi connectivity index (χ0) is 19.2. The van der Waals surface area contributed by atoms with Crippen LogP contribution in [0.2, 0.25) is 0 Å². The van der Waals surface area contributed by atoms with Crippen LogP contribution in [0.1, 0.15) is 30.1 Å². The summed E-state index contributed by atoms with van der Waals surface area (Å²) >= 11 is 1.35. The molecule has 0 saturated heterocycles. The number of fused-ring (bicyclic) bond motifs is 1. The summed E-state index contributed by atoms with van der Waals surface area (Å²) < 4.78 is 17.2. The second-order valence-electron chi connectivity index (χ2n) is 5.85. The molecule has 1 aromatic heterocycles. The first-order chi connectivity index (χ1) is 13.2. The van der Waals surface area contributed by atoms with Gasteiger partial charge in [-0.25, -0.2) is 4.98 Å². The third-order valence-corrected chi connectivity index (χ3v) is 5.00. The number of hydrogen-bond donors (Lipinski definition) is 1. The fourth-order valence-electron chi connectivity index (χ4n) is 2.55. The van der Waals surface area contributed by atoms with Gasteiger partial charge in [-0.2, -0.15) is 0 Å². The van der Waals surface area contributed by atoms with Crippen molar-refractivity contribution in [3.63, 3.8) is 0 Å². The highest BCUT2D eigenvalue weighted by Crippen LogP contribution is 2.38. The number of hydrogen-bond acceptors (Lipinski definition) is 6. The Morgan fingerprint density at radius 3 is 2.44 bits per heavy atom. The molecule has 142 valence electrons. The van der Waals surface area contributed by atoms with Crippen molar-refractivity contribution < 1.29 is 19.0 Å². The summed E-state index contributed by atoms with van der Waals surface area (Å²) in [5.74, 6) is 1.86. The van der Waals surface area contributed by atoms with Gasteiger partial charge in [-0.05, 0) is 42.8 Å². The number of nitrogens with zero attached hydrogens (tertiary/aromatic N) is 1. The molecule has 1 N–H and O–H groups in total. The van der Waals surface area contributed by atoms with Crippen LogP contribution in [-0.2, 0) is 0 Å². The van der Waals surface area contributed by atoms with Gasteiger partial charge in [0.05, 0.1) is 20.8 Å². The third-order valence-electron chi connectivity index (χ3n) is 4.01. The van der Waals surface area contributed by atoms with Crippen molar-refractivity contribution in [1.29, 1.82) is 0 Å². The second-order valence-corrected chi connectivity index (χ2v) is 6.85. The lowest BCUT2D eigenvalue weighted by atomic mass is 10.2. The van der Waals surface area contributed by atoms with Crippen molar-refractivity contribution in [2.45, 2.75) is 19.8 Å². The fraction of sp³-hybridized carbons (Fsp3) is 0.300. The van der Waals surface area contributed by atoms with Gasteiger partial charge in [-0.15, -0.1) is 0 Å². The number of ether oxygens (including phenoxy) is 3. The summed E-state index contributed by atoms with van der Waals surface area (Å²) in [5.41, 5.74) is 1.20. The molecule has 0 aliphatic rings. The van der Waals surface area contributed by atoms with Crippen LogP contribution in [0.5, 0.6) is 17.2 Å². The smallest absolute Gasteiger partial charge is 0.257 e. The molecule has 0 fully saturated rings. The maximum absolute atomic E-state index is 12.5. The Kier molecular flexibility index (Phi) is 6.13. The number of rotatable bonds is 8.